The molecule has 0 saturated carbocycles. The molecule has 0 bridgehead atoms. The second kappa shape index (κ2) is 3.07. The van der Waals surface area contributed by atoms with Gasteiger partial charge in [0.25, 0.3) is 0 Å². The summed E-state index contributed by atoms with van der Waals surface area (Å²) < 4.78 is 0. The van der Waals surface area contributed by atoms with Crippen molar-refractivity contribution >= 4 is 5.69 Å². The van der Waals surface area contributed by atoms with Crippen molar-refractivity contribution in [3.8, 4) is 6.07 Å². The third kappa shape index (κ3) is 1.71. The van der Waals surface area contributed by atoms with Gasteiger partial charge in [0.2, 0.25) is 0 Å². The van der Waals surface area contributed by atoms with E-state index in [1.54, 1.807) is 12.1 Å². The molecule has 1 radical (unpaired) electrons. The average Bonchev–Trinajstić information content (AvgIpc) is 2.03. The summed E-state index contributed by atoms with van der Waals surface area (Å²) in [7, 11) is 0. The van der Waals surface area contributed by atoms with Crippen molar-refractivity contribution < 1.29 is 0 Å². The topological polar surface area (TPSA) is 49.8 Å². The molecule has 0 aliphatic rings. The van der Waals surface area contributed by atoms with Crippen LogP contribution in [0.3, 0.4) is 0 Å². The molecule has 0 atom stereocenters. The monoisotopic (exact) mass is 145 g/mol. The zero-order valence-corrected chi connectivity index (χ0v) is 6.17. The molecule has 0 heterocycles. The van der Waals surface area contributed by atoms with Crippen LogP contribution < -0.4 is 5.73 Å². The third-order valence-electron chi connectivity index (χ3n) is 1.43. The number of anilines is 1. The molecule has 2 heteroatoms. The van der Waals surface area contributed by atoms with Crippen molar-refractivity contribution in [1.29, 1.82) is 5.26 Å². The number of nitrogens with two attached hydrogens (primary N) is 1. The van der Waals surface area contributed by atoms with E-state index in [0.717, 1.165) is 5.56 Å². The predicted molar refractivity (Wildman–Crippen MR) is 44.6 cm³/mol. The van der Waals surface area contributed by atoms with E-state index >= 15 is 0 Å². The molecule has 1 aromatic carbocycles. The molecule has 2 N–H and O–H groups in total. The van der Waals surface area contributed by atoms with E-state index < -0.39 is 0 Å². The van der Waals surface area contributed by atoms with Gasteiger partial charge >= 0.3 is 0 Å². The van der Waals surface area contributed by atoms with E-state index in [9.17, 15) is 0 Å². The van der Waals surface area contributed by atoms with Gasteiger partial charge in [-0.1, -0.05) is 0 Å². The van der Waals surface area contributed by atoms with Gasteiger partial charge in [-0.3, -0.25) is 0 Å². The molecular weight excluding hydrogens is 136 g/mol. The van der Waals surface area contributed by atoms with E-state index in [1.807, 2.05) is 12.1 Å². The Hall–Kier alpha value is -1.49. The van der Waals surface area contributed by atoms with Gasteiger partial charge in [0, 0.05) is 5.69 Å². The lowest BCUT2D eigenvalue weighted by Gasteiger charge is -1.98. The number of hydrogen-bond acceptors (Lipinski definition) is 2. The van der Waals surface area contributed by atoms with Crippen molar-refractivity contribution in [2.75, 3.05) is 5.73 Å². The number of nitrogen functional groups attached to an aromatic ring is 1. The lowest BCUT2D eigenvalue weighted by atomic mass is 10.1. The minimum absolute atomic E-state index is 0.601. The standard InChI is InChI=1S/C9H9N2/c1-2-7-3-8(6-10)5-9(11)4-7/h3-5H,1-2,11H2. The van der Waals surface area contributed by atoms with Crippen molar-refractivity contribution in [3.63, 3.8) is 0 Å². The van der Waals surface area contributed by atoms with E-state index in [2.05, 4.69) is 6.92 Å². The van der Waals surface area contributed by atoms with Gasteiger partial charge in [-0.15, -0.1) is 0 Å². The van der Waals surface area contributed by atoms with E-state index in [0.29, 0.717) is 17.7 Å². The van der Waals surface area contributed by atoms with Crippen molar-refractivity contribution in [2.45, 2.75) is 6.42 Å². The fourth-order valence-electron chi connectivity index (χ4n) is 0.927. The van der Waals surface area contributed by atoms with Crippen LogP contribution in [0.4, 0.5) is 5.69 Å². The van der Waals surface area contributed by atoms with Crippen LogP contribution in [0.2, 0.25) is 0 Å². The van der Waals surface area contributed by atoms with Gasteiger partial charge < -0.3 is 5.73 Å². The number of hydrogen-bond donors (Lipinski definition) is 1. The Balaban J connectivity index is 3.15. The fourth-order valence-corrected chi connectivity index (χ4v) is 0.927. The summed E-state index contributed by atoms with van der Waals surface area (Å²) in [6.07, 6.45) is 0.666. The Morgan fingerprint density at radius 1 is 1.45 bits per heavy atom. The SMILES string of the molecule is [CH2]Cc1cc(N)cc(C#N)c1. The van der Waals surface area contributed by atoms with E-state index in [1.165, 1.54) is 0 Å². The first-order valence-corrected chi connectivity index (χ1v) is 3.35. The highest BCUT2D eigenvalue weighted by atomic mass is 14.5. The zero-order valence-electron chi connectivity index (χ0n) is 6.17. The van der Waals surface area contributed by atoms with Crippen LogP contribution in [0.1, 0.15) is 11.1 Å². The molecule has 0 aliphatic heterocycles. The van der Waals surface area contributed by atoms with Gasteiger partial charge in [0.1, 0.15) is 0 Å². The highest BCUT2D eigenvalue weighted by Gasteiger charge is 1.95. The molecule has 0 saturated heterocycles. The van der Waals surface area contributed by atoms with Gasteiger partial charge in [-0.2, -0.15) is 5.26 Å². The first-order chi connectivity index (χ1) is 5.26. The molecule has 0 aromatic heterocycles. The Kier molecular flexibility index (Phi) is 2.12. The third-order valence-corrected chi connectivity index (χ3v) is 1.43. The van der Waals surface area contributed by atoms with Crippen molar-refractivity contribution in [1.82, 2.24) is 0 Å². The molecular formula is C9H9N2. The Bertz CT molecular complexity index is 297. The van der Waals surface area contributed by atoms with Crippen LogP contribution in [0.15, 0.2) is 18.2 Å². The Morgan fingerprint density at radius 3 is 2.73 bits per heavy atom. The van der Waals surface area contributed by atoms with Crippen LogP contribution in [-0.4, -0.2) is 0 Å². The summed E-state index contributed by atoms with van der Waals surface area (Å²) >= 11 is 0. The number of nitrogens with zero attached hydrogens (tertiary/aromatic N) is 1. The van der Waals surface area contributed by atoms with Crippen LogP contribution in [0.5, 0.6) is 0 Å². The molecule has 2 nitrogen and oxygen atoms in total. The van der Waals surface area contributed by atoms with Gasteiger partial charge in [0.15, 0.2) is 0 Å². The lowest BCUT2D eigenvalue weighted by molar-refractivity contribution is 1.26. The molecule has 11 heavy (non-hydrogen) atoms. The van der Waals surface area contributed by atoms with Crippen LogP contribution >= 0.6 is 0 Å². The zero-order chi connectivity index (χ0) is 8.27. The van der Waals surface area contributed by atoms with Gasteiger partial charge in [0.05, 0.1) is 11.6 Å². The maximum absolute atomic E-state index is 8.56. The molecule has 0 spiro atoms. The smallest absolute Gasteiger partial charge is 0.0992 e. The Morgan fingerprint density at radius 2 is 2.18 bits per heavy atom. The summed E-state index contributed by atoms with van der Waals surface area (Å²) in [4.78, 5) is 0. The van der Waals surface area contributed by atoms with Gasteiger partial charge in [-0.05, 0) is 37.1 Å². The number of nitriles is 1. The predicted octanol–water partition coefficient (Wildman–Crippen LogP) is 1.52. The van der Waals surface area contributed by atoms with Crippen LogP contribution in [-0.2, 0) is 6.42 Å². The lowest BCUT2D eigenvalue weighted by Crippen LogP contribution is -1.89. The molecule has 0 unspecified atom stereocenters. The molecule has 1 rings (SSSR count). The number of benzene rings is 1. The van der Waals surface area contributed by atoms with Crippen molar-refractivity contribution in [3.05, 3.63) is 36.2 Å². The normalized spacial score (nSPS) is 9.09. The van der Waals surface area contributed by atoms with Crippen LogP contribution in [0, 0.1) is 18.3 Å². The Labute approximate surface area is 66.3 Å². The summed E-state index contributed by atoms with van der Waals surface area (Å²) in [5, 5.41) is 8.56. The first-order valence-electron chi connectivity index (χ1n) is 3.35. The minimum Gasteiger partial charge on any atom is -0.399 e. The highest BCUT2D eigenvalue weighted by molar-refractivity contribution is 5.48. The molecule has 0 fully saturated rings. The average molecular weight is 145 g/mol. The maximum atomic E-state index is 8.56. The van der Waals surface area contributed by atoms with Crippen LogP contribution in [0.25, 0.3) is 0 Å². The maximum Gasteiger partial charge on any atom is 0.0992 e. The van der Waals surface area contributed by atoms with E-state index in [-0.39, 0.29) is 0 Å². The molecule has 0 aliphatic carbocycles. The fraction of sp³-hybridized carbons (Fsp3) is 0.111. The quantitative estimate of drug-likeness (QED) is 0.609. The minimum atomic E-state index is 0.601. The van der Waals surface area contributed by atoms with Gasteiger partial charge in [-0.25, -0.2) is 0 Å². The second-order valence-electron chi connectivity index (χ2n) is 2.33. The molecule has 1 aromatic rings. The molecule has 0 amide bonds. The summed E-state index contributed by atoms with van der Waals surface area (Å²) in [5.41, 5.74) is 7.76. The summed E-state index contributed by atoms with van der Waals surface area (Å²) in [6.45, 7) is 3.71. The highest BCUT2D eigenvalue weighted by Crippen LogP contribution is 2.11. The largest absolute Gasteiger partial charge is 0.399 e. The van der Waals surface area contributed by atoms with Crippen molar-refractivity contribution in [2.24, 2.45) is 0 Å². The number of rotatable bonds is 1. The summed E-state index contributed by atoms with van der Waals surface area (Å²) in [5.74, 6) is 0. The second-order valence-corrected chi connectivity index (χ2v) is 2.33. The summed E-state index contributed by atoms with van der Waals surface area (Å²) in [6, 6.07) is 7.31. The first kappa shape index (κ1) is 7.62. The molecule has 55 valence electrons. The van der Waals surface area contributed by atoms with E-state index in [4.69, 9.17) is 11.0 Å².